The van der Waals surface area contributed by atoms with Gasteiger partial charge in [0.1, 0.15) is 11.1 Å². The zero-order valence-corrected chi connectivity index (χ0v) is 14.1. The van der Waals surface area contributed by atoms with Gasteiger partial charge in [-0.25, -0.2) is 4.79 Å². The quantitative estimate of drug-likeness (QED) is 0.914. The first kappa shape index (κ1) is 16.9. The van der Waals surface area contributed by atoms with E-state index in [1.54, 1.807) is 45.5 Å². The highest BCUT2D eigenvalue weighted by Gasteiger charge is 2.32. The van der Waals surface area contributed by atoms with Crippen LogP contribution in [0.25, 0.3) is 10.9 Å². The summed E-state index contributed by atoms with van der Waals surface area (Å²) in [6, 6.07) is 9.60. The monoisotopic (exact) mass is 317 g/mol. The molecule has 0 bridgehead atoms. The van der Waals surface area contributed by atoms with Crippen molar-refractivity contribution < 1.29 is 14.3 Å². The van der Waals surface area contributed by atoms with Crippen molar-refractivity contribution in [2.24, 2.45) is 0 Å². The molecule has 2 amide bonds. The van der Waals surface area contributed by atoms with Crippen LogP contribution in [0.2, 0.25) is 0 Å². The summed E-state index contributed by atoms with van der Waals surface area (Å²) >= 11 is 0. The Labute approximate surface area is 135 Å². The fraction of sp³-hybridized carbons (Fsp3) is 0.412. The maximum absolute atomic E-state index is 12.5. The highest BCUT2D eigenvalue weighted by molar-refractivity contribution is 5.96. The summed E-state index contributed by atoms with van der Waals surface area (Å²) in [6.07, 6.45) is 1.14. The average Bonchev–Trinajstić information content (AvgIpc) is 2.79. The van der Waals surface area contributed by atoms with Crippen LogP contribution in [0.1, 0.15) is 34.6 Å². The van der Waals surface area contributed by atoms with Crippen LogP contribution >= 0.6 is 0 Å². The molecule has 124 valence electrons. The number of nitrogens with zero attached hydrogens (tertiary/aromatic N) is 1. The van der Waals surface area contributed by atoms with Crippen LogP contribution in [0.3, 0.4) is 0 Å². The third-order valence-corrected chi connectivity index (χ3v) is 3.20. The lowest BCUT2D eigenvalue weighted by atomic mass is 10.1. The van der Waals surface area contributed by atoms with E-state index in [0.29, 0.717) is 0 Å². The predicted octanol–water partition coefficient (Wildman–Crippen LogP) is 3.01. The van der Waals surface area contributed by atoms with Crippen molar-refractivity contribution in [1.29, 1.82) is 0 Å². The Morgan fingerprint density at radius 3 is 2.35 bits per heavy atom. The first-order valence-corrected chi connectivity index (χ1v) is 7.47. The van der Waals surface area contributed by atoms with E-state index in [-0.39, 0.29) is 5.91 Å². The van der Waals surface area contributed by atoms with E-state index < -0.39 is 17.2 Å². The molecule has 0 spiro atoms. The van der Waals surface area contributed by atoms with Crippen molar-refractivity contribution in [3.63, 3.8) is 0 Å². The maximum atomic E-state index is 12.5. The second kappa shape index (κ2) is 5.95. The van der Waals surface area contributed by atoms with Gasteiger partial charge in [0.2, 0.25) is 0 Å². The van der Waals surface area contributed by atoms with E-state index in [9.17, 15) is 9.59 Å². The van der Waals surface area contributed by atoms with Gasteiger partial charge in [-0.3, -0.25) is 14.9 Å². The molecular weight excluding hydrogens is 294 g/mol. The van der Waals surface area contributed by atoms with Crippen LogP contribution in [-0.2, 0) is 9.53 Å². The van der Waals surface area contributed by atoms with Crippen molar-refractivity contribution in [2.45, 2.75) is 45.8 Å². The number of carbonyl (C=O) groups excluding carboxylic acids is 2. The van der Waals surface area contributed by atoms with Crippen LogP contribution in [-0.4, -0.2) is 27.8 Å². The molecular formula is C17H23N3O3. The minimum absolute atomic E-state index is 0.343. The smallest absolute Gasteiger partial charge is 0.408 e. The average molecular weight is 317 g/mol. The SMILES string of the molecule is CC(C)(C)OC(=O)NC(C)(C)C(=O)Nn1ccc2ccccc21. The number of nitrogens with one attached hydrogen (secondary N) is 2. The van der Waals surface area contributed by atoms with Gasteiger partial charge in [0.25, 0.3) is 5.91 Å². The number of hydrogen-bond acceptors (Lipinski definition) is 3. The number of hydrogen-bond donors (Lipinski definition) is 2. The summed E-state index contributed by atoms with van der Waals surface area (Å²) in [7, 11) is 0. The summed E-state index contributed by atoms with van der Waals surface area (Å²) in [5.41, 5.74) is 1.93. The second-order valence-corrected chi connectivity index (χ2v) is 6.94. The first-order chi connectivity index (χ1) is 10.6. The number of fused-ring (bicyclic) bond motifs is 1. The highest BCUT2D eigenvalue weighted by Crippen LogP contribution is 2.15. The summed E-state index contributed by atoms with van der Waals surface area (Å²) in [6.45, 7) is 8.55. The Bertz CT molecular complexity index is 726. The summed E-state index contributed by atoms with van der Waals surface area (Å²) in [5, 5.41) is 3.61. The van der Waals surface area contributed by atoms with Gasteiger partial charge in [-0.05, 0) is 46.8 Å². The number of aromatic nitrogens is 1. The highest BCUT2D eigenvalue weighted by atomic mass is 16.6. The Kier molecular flexibility index (Phi) is 4.36. The van der Waals surface area contributed by atoms with Crippen molar-refractivity contribution in [3.8, 4) is 0 Å². The Morgan fingerprint density at radius 1 is 1.04 bits per heavy atom. The maximum Gasteiger partial charge on any atom is 0.408 e. The Hall–Kier alpha value is -2.50. The molecule has 2 rings (SSSR count). The molecule has 0 aliphatic rings. The molecule has 0 fully saturated rings. The molecule has 0 aliphatic carbocycles. The molecule has 1 heterocycles. The summed E-state index contributed by atoms with van der Waals surface area (Å²) in [4.78, 5) is 24.3. The molecule has 0 radical (unpaired) electrons. The molecule has 23 heavy (non-hydrogen) atoms. The van der Waals surface area contributed by atoms with E-state index in [1.165, 1.54) is 0 Å². The number of carbonyl (C=O) groups is 2. The zero-order valence-electron chi connectivity index (χ0n) is 14.1. The lowest BCUT2D eigenvalue weighted by Crippen LogP contribution is -2.54. The normalized spacial score (nSPS) is 12.0. The lowest BCUT2D eigenvalue weighted by Gasteiger charge is -2.27. The van der Waals surface area contributed by atoms with Crippen LogP contribution in [0, 0.1) is 0 Å². The van der Waals surface area contributed by atoms with Gasteiger partial charge < -0.3 is 10.1 Å². The first-order valence-electron chi connectivity index (χ1n) is 7.47. The van der Waals surface area contributed by atoms with Gasteiger partial charge in [-0.2, -0.15) is 0 Å². The van der Waals surface area contributed by atoms with Crippen LogP contribution in [0.15, 0.2) is 36.5 Å². The van der Waals surface area contributed by atoms with Crippen molar-refractivity contribution in [2.75, 3.05) is 5.43 Å². The van der Waals surface area contributed by atoms with Crippen LogP contribution in [0.4, 0.5) is 4.79 Å². The van der Waals surface area contributed by atoms with Gasteiger partial charge >= 0.3 is 6.09 Å². The third kappa shape index (κ3) is 4.25. The second-order valence-electron chi connectivity index (χ2n) is 6.94. The lowest BCUT2D eigenvalue weighted by molar-refractivity contribution is -0.122. The topological polar surface area (TPSA) is 72.4 Å². The van der Waals surface area contributed by atoms with Crippen molar-refractivity contribution >= 4 is 22.9 Å². The predicted molar refractivity (Wildman–Crippen MR) is 89.8 cm³/mol. The van der Waals surface area contributed by atoms with E-state index in [2.05, 4.69) is 10.7 Å². The van der Waals surface area contributed by atoms with E-state index in [0.717, 1.165) is 10.9 Å². The van der Waals surface area contributed by atoms with E-state index >= 15 is 0 Å². The number of amides is 2. The zero-order chi connectivity index (χ0) is 17.3. The van der Waals surface area contributed by atoms with Gasteiger partial charge in [-0.15, -0.1) is 0 Å². The minimum Gasteiger partial charge on any atom is -0.444 e. The molecule has 0 saturated carbocycles. The third-order valence-electron chi connectivity index (χ3n) is 3.20. The van der Waals surface area contributed by atoms with Gasteiger partial charge in [0.15, 0.2) is 0 Å². The number of rotatable bonds is 3. The summed E-state index contributed by atoms with van der Waals surface area (Å²) in [5.74, 6) is -0.343. The van der Waals surface area contributed by atoms with E-state index in [1.807, 2.05) is 30.3 Å². The van der Waals surface area contributed by atoms with Crippen molar-refractivity contribution in [1.82, 2.24) is 9.99 Å². The van der Waals surface area contributed by atoms with Gasteiger partial charge in [0, 0.05) is 11.6 Å². The van der Waals surface area contributed by atoms with Crippen LogP contribution in [0.5, 0.6) is 0 Å². The minimum atomic E-state index is -1.12. The molecule has 0 saturated heterocycles. The molecule has 0 unspecified atom stereocenters. The van der Waals surface area contributed by atoms with Gasteiger partial charge in [-0.1, -0.05) is 18.2 Å². The fourth-order valence-corrected chi connectivity index (χ4v) is 2.05. The number of ether oxygens (including phenoxy) is 1. The number of benzene rings is 1. The Balaban J connectivity index is 2.08. The Morgan fingerprint density at radius 2 is 1.70 bits per heavy atom. The number of para-hydroxylation sites is 1. The standard InChI is InChI=1S/C17H23N3O3/c1-16(2,3)23-15(22)18-17(4,5)14(21)19-20-11-10-12-8-6-7-9-13(12)20/h6-11H,1-5H3,(H,18,22)(H,19,21). The summed E-state index contributed by atoms with van der Waals surface area (Å²) < 4.78 is 6.83. The molecule has 2 N–H and O–H groups in total. The van der Waals surface area contributed by atoms with Gasteiger partial charge in [0.05, 0.1) is 5.52 Å². The number of alkyl carbamates (subject to hydrolysis) is 1. The molecule has 0 aliphatic heterocycles. The van der Waals surface area contributed by atoms with Crippen molar-refractivity contribution in [3.05, 3.63) is 36.5 Å². The molecule has 0 atom stereocenters. The van der Waals surface area contributed by atoms with E-state index in [4.69, 9.17) is 4.74 Å². The van der Waals surface area contributed by atoms with Crippen LogP contribution < -0.4 is 10.7 Å². The molecule has 6 nitrogen and oxygen atoms in total. The molecule has 1 aromatic carbocycles. The largest absolute Gasteiger partial charge is 0.444 e. The molecule has 2 aromatic rings. The molecule has 6 heteroatoms. The fourth-order valence-electron chi connectivity index (χ4n) is 2.05. The molecule has 1 aromatic heterocycles.